The van der Waals surface area contributed by atoms with Crippen LogP contribution in [0, 0.1) is 11.8 Å². The van der Waals surface area contributed by atoms with Crippen LogP contribution in [0.25, 0.3) is 0 Å². The number of nitrogens with one attached hydrogen (secondary N) is 2. The summed E-state index contributed by atoms with van der Waals surface area (Å²) in [7, 11) is 0. The van der Waals surface area contributed by atoms with Crippen molar-refractivity contribution in [3.05, 3.63) is 34.9 Å². The minimum Gasteiger partial charge on any atom is -0.316 e. The van der Waals surface area contributed by atoms with Gasteiger partial charge in [-0.2, -0.15) is 0 Å². The number of fused-ring (bicyclic) bond motifs is 1. The molecule has 3 saturated heterocycles. The molecule has 0 aliphatic carbocycles. The summed E-state index contributed by atoms with van der Waals surface area (Å²) < 4.78 is 0. The van der Waals surface area contributed by atoms with Crippen LogP contribution in [0.4, 0.5) is 0 Å². The molecule has 0 bridgehead atoms. The smallest absolute Gasteiger partial charge is 0.262 e. The number of nitrogens with zero attached hydrogens (tertiary/aromatic N) is 2. The molecule has 0 aromatic heterocycles. The molecule has 2 atom stereocenters. The minimum absolute atomic E-state index is 0.128. The molecule has 4 aliphatic rings. The van der Waals surface area contributed by atoms with Gasteiger partial charge in [-0.05, 0) is 88.2 Å². The van der Waals surface area contributed by atoms with Gasteiger partial charge in [0.05, 0.1) is 11.1 Å². The number of hydrogen-bond donors (Lipinski definition) is 2. The van der Waals surface area contributed by atoms with Gasteiger partial charge in [-0.1, -0.05) is 18.6 Å². The topological polar surface area (TPSA) is 98.8 Å². The van der Waals surface area contributed by atoms with Gasteiger partial charge in [0.15, 0.2) is 0 Å². The van der Waals surface area contributed by atoms with Crippen molar-refractivity contribution in [1.82, 2.24) is 20.4 Å². The van der Waals surface area contributed by atoms with Gasteiger partial charge in [0.2, 0.25) is 11.8 Å². The number of hydrogen-bond acceptors (Lipinski definition) is 6. The van der Waals surface area contributed by atoms with Crippen LogP contribution in [0.1, 0.15) is 77.6 Å². The summed E-state index contributed by atoms with van der Waals surface area (Å²) in [6, 6.07) is 4.48. The van der Waals surface area contributed by atoms with Crippen LogP contribution in [-0.4, -0.2) is 65.6 Å². The number of amides is 4. The number of carbonyl (C=O) groups is 4. The van der Waals surface area contributed by atoms with E-state index < -0.39 is 23.8 Å². The maximum atomic E-state index is 13.3. The number of rotatable bonds is 6. The molecule has 34 heavy (non-hydrogen) atoms. The van der Waals surface area contributed by atoms with Crippen molar-refractivity contribution in [1.29, 1.82) is 0 Å². The highest BCUT2D eigenvalue weighted by Gasteiger charge is 2.45. The Bertz CT molecular complexity index is 979. The monoisotopic (exact) mass is 466 g/mol. The first-order valence-corrected chi connectivity index (χ1v) is 12.8. The Balaban J connectivity index is 1.20. The maximum absolute atomic E-state index is 13.3. The molecule has 1 aromatic rings. The summed E-state index contributed by atoms with van der Waals surface area (Å²) in [4.78, 5) is 53.6. The van der Waals surface area contributed by atoms with Crippen molar-refractivity contribution in [3.8, 4) is 0 Å². The second-order valence-corrected chi connectivity index (χ2v) is 10.3. The summed E-state index contributed by atoms with van der Waals surface area (Å²) in [5, 5.41) is 5.77. The van der Waals surface area contributed by atoms with Crippen LogP contribution in [0.5, 0.6) is 0 Å². The predicted octanol–water partition coefficient (Wildman–Crippen LogP) is 2.08. The van der Waals surface area contributed by atoms with E-state index in [0.717, 1.165) is 41.9 Å². The minimum atomic E-state index is -0.923. The third kappa shape index (κ3) is 4.66. The fraction of sp³-hybridized carbons (Fsp3) is 0.615. The third-order valence-corrected chi connectivity index (χ3v) is 8.04. The van der Waals surface area contributed by atoms with Crippen LogP contribution >= 0.6 is 0 Å². The molecule has 0 spiro atoms. The Morgan fingerprint density at radius 3 is 2.44 bits per heavy atom. The summed E-state index contributed by atoms with van der Waals surface area (Å²) in [5.41, 5.74) is 1.63. The normalized spacial score (nSPS) is 26.6. The van der Waals surface area contributed by atoms with Crippen LogP contribution in [-0.2, 0) is 16.1 Å². The molecule has 2 unspecified atom stereocenters. The van der Waals surface area contributed by atoms with E-state index in [1.807, 2.05) is 12.1 Å². The lowest BCUT2D eigenvalue weighted by Crippen LogP contribution is -2.54. The van der Waals surface area contributed by atoms with Crippen molar-refractivity contribution >= 4 is 23.6 Å². The number of benzene rings is 1. The largest absolute Gasteiger partial charge is 0.316 e. The van der Waals surface area contributed by atoms with Crippen molar-refractivity contribution in [2.45, 2.75) is 64.0 Å². The van der Waals surface area contributed by atoms with Gasteiger partial charge in [-0.25, -0.2) is 0 Å². The molecule has 4 heterocycles. The van der Waals surface area contributed by atoms with Gasteiger partial charge < -0.3 is 5.32 Å². The zero-order valence-corrected chi connectivity index (χ0v) is 19.7. The molecule has 0 saturated carbocycles. The van der Waals surface area contributed by atoms with E-state index in [1.54, 1.807) is 6.07 Å². The van der Waals surface area contributed by atoms with Gasteiger partial charge in [0.1, 0.15) is 6.04 Å². The lowest BCUT2D eigenvalue weighted by Gasteiger charge is -2.33. The summed E-state index contributed by atoms with van der Waals surface area (Å²) in [6.07, 6.45) is 7.92. The van der Waals surface area contributed by atoms with Crippen LogP contribution in [0.15, 0.2) is 18.2 Å². The first-order valence-electron chi connectivity index (χ1n) is 12.8. The van der Waals surface area contributed by atoms with Crippen LogP contribution < -0.4 is 10.6 Å². The Labute approximate surface area is 200 Å². The fourth-order valence-electron chi connectivity index (χ4n) is 6.03. The van der Waals surface area contributed by atoms with Gasteiger partial charge in [-0.3, -0.25) is 34.3 Å². The van der Waals surface area contributed by atoms with E-state index in [1.165, 1.54) is 45.1 Å². The van der Waals surface area contributed by atoms with E-state index in [0.29, 0.717) is 17.7 Å². The van der Waals surface area contributed by atoms with Crippen molar-refractivity contribution in [2.75, 3.05) is 26.2 Å². The van der Waals surface area contributed by atoms with Crippen LogP contribution in [0.2, 0.25) is 0 Å². The summed E-state index contributed by atoms with van der Waals surface area (Å²) in [5.74, 6) is -0.190. The highest BCUT2D eigenvalue weighted by Crippen LogP contribution is 2.32. The first kappa shape index (κ1) is 23.2. The molecule has 182 valence electrons. The lowest BCUT2D eigenvalue weighted by atomic mass is 9.86. The number of likely N-dealkylation sites (tertiary alicyclic amines) is 1. The Morgan fingerprint density at radius 2 is 1.71 bits per heavy atom. The molecule has 0 radical (unpaired) electrons. The Morgan fingerprint density at radius 1 is 0.912 bits per heavy atom. The molecule has 4 aliphatic heterocycles. The number of carbonyl (C=O) groups excluding carboxylic acids is 4. The van der Waals surface area contributed by atoms with E-state index in [9.17, 15) is 19.2 Å². The van der Waals surface area contributed by atoms with E-state index in [-0.39, 0.29) is 18.7 Å². The van der Waals surface area contributed by atoms with Crippen LogP contribution in [0.3, 0.4) is 0 Å². The molecule has 1 aromatic carbocycles. The zero-order valence-electron chi connectivity index (χ0n) is 19.7. The summed E-state index contributed by atoms with van der Waals surface area (Å²) >= 11 is 0. The van der Waals surface area contributed by atoms with Gasteiger partial charge in [0, 0.05) is 13.0 Å². The van der Waals surface area contributed by atoms with Crippen molar-refractivity contribution in [3.63, 3.8) is 0 Å². The lowest BCUT2D eigenvalue weighted by molar-refractivity contribution is -0.136. The van der Waals surface area contributed by atoms with Crippen molar-refractivity contribution < 1.29 is 19.2 Å². The third-order valence-electron chi connectivity index (χ3n) is 8.04. The van der Waals surface area contributed by atoms with E-state index in [4.69, 9.17) is 0 Å². The SMILES string of the molecule is O=C1CCC(N2C(=O)c3cccc(CN4CCC(CCC5CCCNC5)CC4)c3C2=O)C(=O)N1. The molecular formula is C26H34N4O4. The number of imide groups is 2. The molecule has 2 N–H and O–H groups in total. The maximum Gasteiger partial charge on any atom is 0.262 e. The number of piperidine rings is 3. The quantitative estimate of drug-likeness (QED) is 0.623. The first-order chi connectivity index (χ1) is 16.5. The van der Waals surface area contributed by atoms with E-state index in [2.05, 4.69) is 15.5 Å². The van der Waals surface area contributed by atoms with Crippen molar-refractivity contribution in [2.24, 2.45) is 11.8 Å². The van der Waals surface area contributed by atoms with E-state index >= 15 is 0 Å². The predicted molar refractivity (Wildman–Crippen MR) is 126 cm³/mol. The average molecular weight is 467 g/mol. The molecule has 8 nitrogen and oxygen atoms in total. The molecule has 4 amide bonds. The summed E-state index contributed by atoms with van der Waals surface area (Å²) in [6.45, 7) is 4.95. The molecule has 3 fully saturated rings. The Hall–Kier alpha value is -2.58. The Kier molecular flexibility index (Phi) is 6.79. The van der Waals surface area contributed by atoms with Gasteiger partial charge in [-0.15, -0.1) is 0 Å². The average Bonchev–Trinajstić information content (AvgIpc) is 3.10. The fourth-order valence-corrected chi connectivity index (χ4v) is 6.03. The second-order valence-electron chi connectivity index (χ2n) is 10.3. The second kappa shape index (κ2) is 9.96. The highest BCUT2D eigenvalue weighted by molar-refractivity contribution is 6.24. The molecular weight excluding hydrogens is 432 g/mol. The highest BCUT2D eigenvalue weighted by atomic mass is 16.2. The molecule has 5 rings (SSSR count). The van der Waals surface area contributed by atoms with Gasteiger partial charge >= 0.3 is 0 Å². The standard InChI is InChI=1S/C26H34N4O4/c31-22-9-8-21(24(32)28-22)30-25(33)20-5-1-4-19(23(20)26(30)34)16-29-13-10-17(11-14-29)6-7-18-3-2-12-27-15-18/h1,4-5,17-18,21,27H,2-3,6-16H2,(H,28,31,32). The van der Waals surface area contributed by atoms with Gasteiger partial charge in [0.25, 0.3) is 11.8 Å². The molecule has 8 heteroatoms. The zero-order chi connectivity index (χ0) is 23.7.